The average molecular weight is 282 g/mol. The van der Waals surface area contributed by atoms with Crippen LogP contribution in [0.15, 0.2) is 36.7 Å². The highest BCUT2D eigenvalue weighted by molar-refractivity contribution is 6.10. The number of piperidine rings is 1. The van der Waals surface area contributed by atoms with Crippen LogP contribution in [0, 0.1) is 5.41 Å². The van der Waals surface area contributed by atoms with E-state index in [1.165, 1.54) is 0 Å². The molecule has 110 valence electrons. The summed E-state index contributed by atoms with van der Waals surface area (Å²) in [6, 6.07) is 7.93. The van der Waals surface area contributed by atoms with E-state index < -0.39 is 0 Å². The highest BCUT2D eigenvalue weighted by Crippen LogP contribution is 2.38. The van der Waals surface area contributed by atoms with E-state index in [4.69, 9.17) is 0 Å². The first-order valence-electron chi connectivity index (χ1n) is 7.85. The smallest absolute Gasteiger partial charge is 0.169 e. The Morgan fingerprint density at radius 3 is 2.86 bits per heavy atom. The SMILES string of the molecule is CCCC1(C(=O)c2cccc3cnccc23)CCNCC1. The number of hydrogen-bond donors (Lipinski definition) is 1. The largest absolute Gasteiger partial charge is 0.317 e. The topological polar surface area (TPSA) is 42.0 Å². The van der Waals surface area contributed by atoms with Crippen molar-refractivity contribution < 1.29 is 4.79 Å². The molecule has 1 aromatic carbocycles. The Kier molecular flexibility index (Phi) is 4.02. The van der Waals surface area contributed by atoms with Crippen LogP contribution in [0.5, 0.6) is 0 Å². The van der Waals surface area contributed by atoms with Crippen molar-refractivity contribution in [2.75, 3.05) is 13.1 Å². The molecular weight excluding hydrogens is 260 g/mol. The molecule has 0 unspecified atom stereocenters. The monoisotopic (exact) mass is 282 g/mol. The minimum absolute atomic E-state index is 0.183. The number of hydrogen-bond acceptors (Lipinski definition) is 3. The van der Waals surface area contributed by atoms with Crippen LogP contribution in [0.3, 0.4) is 0 Å². The van der Waals surface area contributed by atoms with Crippen LogP contribution >= 0.6 is 0 Å². The Hall–Kier alpha value is -1.74. The molecule has 0 aliphatic carbocycles. The summed E-state index contributed by atoms with van der Waals surface area (Å²) < 4.78 is 0. The molecule has 0 amide bonds. The van der Waals surface area contributed by atoms with Crippen LogP contribution in [0.1, 0.15) is 43.0 Å². The molecule has 1 N–H and O–H groups in total. The van der Waals surface area contributed by atoms with Crippen molar-refractivity contribution in [3.05, 3.63) is 42.2 Å². The van der Waals surface area contributed by atoms with Crippen molar-refractivity contribution in [3.63, 3.8) is 0 Å². The van der Waals surface area contributed by atoms with Crippen molar-refractivity contribution in [2.24, 2.45) is 5.41 Å². The summed E-state index contributed by atoms with van der Waals surface area (Å²) in [5.74, 6) is 0.322. The first-order chi connectivity index (χ1) is 10.3. The first-order valence-corrected chi connectivity index (χ1v) is 7.85. The van der Waals surface area contributed by atoms with Gasteiger partial charge in [-0.2, -0.15) is 0 Å². The fraction of sp³-hybridized carbons (Fsp3) is 0.444. The van der Waals surface area contributed by atoms with Crippen molar-refractivity contribution in [2.45, 2.75) is 32.6 Å². The lowest BCUT2D eigenvalue weighted by Crippen LogP contribution is -2.42. The van der Waals surface area contributed by atoms with Crippen LogP contribution < -0.4 is 5.32 Å². The van der Waals surface area contributed by atoms with Crippen LogP contribution in [0.4, 0.5) is 0 Å². The molecule has 2 heterocycles. The summed E-state index contributed by atoms with van der Waals surface area (Å²) in [6.45, 7) is 4.06. The van der Waals surface area contributed by atoms with E-state index in [9.17, 15) is 4.79 Å². The fourth-order valence-electron chi connectivity index (χ4n) is 3.58. The molecule has 1 aromatic heterocycles. The van der Waals surface area contributed by atoms with Crippen molar-refractivity contribution in [1.82, 2.24) is 10.3 Å². The van der Waals surface area contributed by atoms with E-state index in [0.717, 1.165) is 55.1 Å². The second-order valence-corrected chi connectivity index (χ2v) is 6.01. The summed E-state index contributed by atoms with van der Waals surface area (Å²) in [4.78, 5) is 17.4. The maximum atomic E-state index is 13.3. The molecule has 0 spiro atoms. The minimum Gasteiger partial charge on any atom is -0.317 e. The lowest BCUT2D eigenvalue weighted by Gasteiger charge is -2.36. The van der Waals surface area contributed by atoms with Gasteiger partial charge >= 0.3 is 0 Å². The van der Waals surface area contributed by atoms with Crippen molar-refractivity contribution in [3.8, 4) is 0 Å². The maximum absolute atomic E-state index is 13.3. The third-order valence-electron chi connectivity index (χ3n) is 4.70. The van der Waals surface area contributed by atoms with Crippen molar-refractivity contribution >= 4 is 16.6 Å². The highest BCUT2D eigenvalue weighted by Gasteiger charge is 2.39. The number of nitrogens with zero attached hydrogens (tertiary/aromatic N) is 1. The molecule has 1 fully saturated rings. The van der Waals surface area contributed by atoms with Crippen LogP contribution in [-0.2, 0) is 0 Å². The lowest BCUT2D eigenvalue weighted by atomic mass is 9.70. The van der Waals surface area contributed by atoms with Gasteiger partial charge in [0, 0.05) is 28.8 Å². The van der Waals surface area contributed by atoms with Gasteiger partial charge in [0.15, 0.2) is 5.78 Å². The van der Waals surface area contributed by atoms with E-state index in [1.807, 2.05) is 30.5 Å². The zero-order valence-electron chi connectivity index (χ0n) is 12.6. The Labute approximate surface area is 125 Å². The van der Waals surface area contributed by atoms with Gasteiger partial charge in [-0.25, -0.2) is 0 Å². The van der Waals surface area contributed by atoms with Gasteiger partial charge in [-0.15, -0.1) is 0 Å². The van der Waals surface area contributed by atoms with E-state index >= 15 is 0 Å². The molecule has 0 bridgehead atoms. The number of aromatic nitrogens is 1. The highest BCUT2D eigenvalue weighted by atomic mass is 16.1. The molecule has 0 atom stereocenters. The van der Waals surface area contributed by atoms with Crippen LogP contribution in [-0.4, -0.2) is 23.9 Å². The summed E-state index contributed by atoms with van der Waals surface area (Å²) in [5, 5.41) is 5.46. The van der Waals surface area contributed by atoms with E-state index in [1.54, 1.807) is 6.20 Å². The van der Waals surface area contributed by atoms with Gasteiger partial charge in [0.2, 0.25) is 0 Å². The predicted molar refractivity (Wildman–Crippen MR) is 85.5 cm³/mol. The average Bonchev–Trinajstić information content (AvgIpc) is 2.55. The molecule has 3 heteroatoms. The first kappa shape index (κ1) is 14.2. The molecular formula is C18H22N2O. The summed E-state index contributed by atoms with van der Waals surface area (Å²) in [7, 11) is 0. The Balaban J connectivity index is 2.06. The van der Waals surface area contributed by atoms with Crippen LogP contribution in [0.25, 0.3) is 10.8 Å². The number of fused-ring (bicyclic) bond motifs is 1. The zero-order chi connectivity index (χ0) is 14.7. The number of carbonyl (C=O) groups is 1. The molecule has 1 saturated heterocycles. The van der Waals surface area contributed by atoms with Gasteiger partial charge in [0.05, 0.1) is 0 Å². The van der Waals surface area contributed by atoms with E-state index in [-0.39, 0.29) is 5.41 Å². The van der Waals surface area contributed by atoms with Gasteiger partial charge in [0.1, 0.15) is 0 Å². The third kappa shape index (κ3) is 2.58. The standard InChI is InChI=1S/C18H22N2O/c1-2-7-18(8-11-19-12-9-18)17(21)16-5-3-4-14-13-20-10-6-15(14)16/h3-6,10,13,19H,2,7-9,11-12H2,1H3. The number of benzene rings is 1. The Morgan fingerprint density at radius 1 is 1.29 bits per heavy atom. The molecule has 1 aliphatic rings. The fourth-order valence-corrected chi connectivity index (χ4v) is 3.58. The van der Waals surface area contributed by atoms with Crippen molar-refractivity contribution in [1.29, 1.82) is 0 Å². The molecule has 3 nitrogen and oxygen atoms in total. The van der Waals surface area contributed by atoms with Gasteiger partial charge in [0.25, 0.3) is 0 Å². The molecule has 0 saturated carbocycles. The Morgan fingerprint density at radius 2 is 2.10 bits per heavy atom. The van der Waals surface area contributed by atoms with Gasteiger partial charge in [-0.3, -0.25) is 9.78 Å². The normalized spacial score (nSPS) is 17.8. The van der Waals surface area contributed by atoms with Crippen LogP contribution in [0.2, 0.25) is 0 Å². The Bertz CT molecular complexity index is 634. The third-order valence-corrected chi connectivity index (χ3v) is 4.70. The lowest BCUT2D eigenvalue weighted by molar-refractivity contribution is 0.0706. The van der Waals surface area contributed by atoms with Gasteiger partial charge in [-0.05, 0) is 43.8 Å². The minimum atomic E-state index is -0.183. The number of nitrogens with one attached hydrogen (secondary N) is 1. The molecule has 21 heavy (non-hydrogen) atoms. The second-order valence-electron chi connectivity index (χ2n) is 6.01. The number of pyridine rings is 1. The number of rotatable bonds is 4. The maximum Gasteiger partial charge on any atom is 0.169 e. The van der Waals surface area contributed by atoms with E-state index in [0.29, 0.717) is 5.78 Å². The quantitative estimate of drug-likeness (QED) is 0.871. The molecule has 2 aromatic rings. The second kappa shape index (κ2) is 5.94. The molecule has 0 radical (unpaired) electrons. The molecule has 3 rings (SSSR count). The number of carbonyl (C=O) groups excluding carboxylic acids is 1. The number of ketones is 1. The summed E-state index contributed by atoms with van der Waals surface area (Å²) in [5.41, 5.74) is 0.683. The summed E-state index contributed by atoms with van der Waals surface area (Å²) >= 11 is 0. The molecule has 1 aliphatic heterocycles. The van der Waals surface area contributed by atoms with Gasteiger partial charge < -0.3 is 5.32 Å². The van der Waals surface area contributed by atoms with Gasteiger partial charge in [-0.1, -0.05) is 31.5 Å². The predicted octanol–water partition coefficient (Wildman–Crippen LogP) is 3.59. The summed E-state index contributed by atoms with van der Waals surface area (Å²) in [6.07, 6.45) is 7.53. The zero-order valence-corrected chi connectivity index (χ0v) is 12.6. The van der Waals surface area contributed by atoms with E-state index in [2.05, 4.69) is 17.2 Å². The number of Topliss-reactive ketones (excluding diaryl/α,β-unsaturated/α-hetero) is 1.